The van der Waals surface area contributed by atoms with Crippen molar-refractivity contribution in [1.82, 2.24) is 4.72 Å². The molecule has 0 radical (unpaired) electrons. The highest BCUT2D eigenvalue weighted by Gasteiger charge is 2.11. The molecule has 7 heteroatoms. The van der Waals surface area contributed by atoms with Crippen molar-refractivity contribution in [2.24, 2.45) is 0 Å². The standard InChI is InChI=1S/C11H16N2O4S/c1-3-6-12-18(16,17)13-10-5-4-9(11(14)15)7-8(10)2/h4-5,7,12-13H,3,6H2,1-2H3,(H,14,15). The van der Waals surface area contributed by atoms with Gasteiger partial charge in [0.2, 0.25) is 0 Å². The van der Waals surface area contributed by atoms with Gasteiger partial charge >= 0.3 is 5.97 Å². The van der Waals surface area contributed by atoms with Crippen molar-refractivity contribution >= 4 is 21.9 Å². The molecule has 1 aromatic rings. The molecule has 0 amide bonds. The van der Waals surface area contributed by atoms with Gasteiger partial charge in [-0.15, -0.1) is 0 Å². The number of carbonyl (C=O) groups is 1. The molecule has 0 heterocycles. The lowest BCUT2D eigenvalue weighted by Crippen LogP contribution is -2.30. The molecule has 18 heavy (non-hydrogen) atoms. The first-order valence-corrected chi connectivity index (χ1v) is 6.95. The van der Waals surface area contributed by atoms with Crippen LogP contribution >= 0.6 is 0 Å². The van der Waals surface area contributed by atoms with Crippen LogP contribution in [-0.2, 0) is 10.2 Å². The molecular formula is C11H16N2O4S. The van der Waals surface area contributed by atoms with E-state index in [-0.39, 0.29) is 5.56 Å². The monoisotopic (exact) mass is 272 g/mol. The molecule has 0 bridgehead atoms. The maximum Gasteiger partial charge on any atom is 0.335 e. The number of nitrogens with one attached hydrogen (secondary N) is 2. The number of anilines is 1. The van der Waals surface area contributed by atoms with Gasteiger partial charge in [0.05, 0.1) is 11.3 Å². The molecule has 0 aliphatic rings. The number of aryl methyl sites for hydroxylation is 1. The SMILES string of the molecule is CCCNS(=O)(=O)Nc1ccc(C(=O)O)cc1C. The second-order valence-electron chi connectivity index (χ2n) is 3.83. The minimum atomic E-state index is -3.60. The summed E-state index contributed by atoms with van der Waals surface area (Å²) in [5.41, 5.74) is 1.04. The molecule has 1 aromatic carbocycles. The number of rotatable bonds is 6. The Labute approximate surface area is 106 Å². The lowest BCUT2D eigenvalue weighted by molar-refractivity contribution is 0.0697. The van der Waals surface area contributed by atoms with Crippen molar-refractivity contribution in [2.45, 2.75) is 20.3 Å². The second-order valence-corrected chi connectivity index (χ2v) is 5.33. The van der Waals surface area contributed by atoms with E-state index in [4.69, 9.17) is 5.11 Å². The summed E-state index contributed by atoms with van der Waals surface area (Å²) in [7, 11) is -3.60. The maximum atomic E-state index is 11.6. The minimum Gasteiger partial charge on any atom is -0.478 e. The zero-order valence-electron chi connectivity index (χ0n) is 10.2. The zero-order chi connectivity index (χ0) is 13.8. The van der Waals surface area contributed by atoms with Crippen LogP contribution in [0.3, 0.4) is 0 Å². The lowest BCUT2D eigenvalue weighted by atomic mass is 10.1. The molecule has 3 N–H and O–H groups in total. The Bertz CT molecular complexity index is 540. The predicted octanol–water partition coefficient (Wildman–Crippen LogP) is 1.35. The largest absolute Gasteiger partial charge is 0.478 e. The van der Waals surface area contributed by atoms with Gasteiger partial charge in [-0.3, -0.25) is 4.72 Å². The Balaban J connectivity index is 2.89. The van der Waals surface area contributed by atoms with Gasteiger partial charge in [-0.25, -0.2) is 4.79 Å². The van der Waals surface area contributed by atoms with E-state index < -0.39 is 16.2 Å². The van der Waals surface area contributed by atoms with E-state index in [2.05, 4.69) is 9.44 Å². The molecular weight excluding hydrogens is 256 g/mol. The van der Waals surface area contributed by atoms with Crippen molar-refractivity contribution in [3.05, 3.63) is 29.3 Å². The van der Waals surface area contributed by atoms with Gasteiger partial charge in [0.15, 0.2) is 0 Å². The number of benzene rings is 1. The Morgan fingerprint density at radius 3 is 2.56 bits per heavy atom. The fourth-order valence-electron chi connectivity index (χ4n) is 1.33. The van der Waals surface area contributed by atoms with Crippen LogP contribution in [0.2, 0.25) is 0 Å². The average molecular weight is 272 g/mol. The summed E-state index contributed by atoms with van der Waals surface area (Å²) in [6, 6.07) is 4.21. The van der Waals surface area contributed by atoms with Crippen LogP contribution in [0.1, 0.15) is 29.3 Å². The highest BCUT2D eigenvalue weighted by atomic mass is 32.2. The third kappa shape index (κ3) is 4.01. The van der Waals surface area contributed by atoms with Gasteiger partial charge in [-0.1, -0.05) is 6.92 Å². The highest BCUT2D eigenvalue weighted by Crippen LogP contribution is 2.17. The fourth-order valence-corrected chi connectivity index (χ4v) is 2.39. The van der Waals surface area contributed by atoms with Gasteiger partial charge in [0, 0.05) is 6.54 Å². The third-order valence-corrected chi connectivity index (χ3v) is 3.33. The van der Waals surface area contributed by atoms with Crippen molar-refractivity contribution in [3.63, 3.8) is 0 Å². The Morgan fingerprint density at radius 2 is 2.06 bits per heavy atom. The molecule has 0 atom stereocenters. The first-order valence-electron chi connectivity index (χ1n) is 5.47. The van der Waals surface area contributed by atoms with E-state index in [0.29, 0.717) is 24.2 Å². The van der Waals surface area contributed by atoms with E-state index in [0.717, 1.165) is 0 Å². The quantitative estimate of drug-likeness (QED) is 0.728. The smallest absolute Gasteiger partial charge is 0.335 e. The average Bonchev–Trinajstić information content (AvgIpc) is 2.29. The summed E-state index contributed by atoms with van der Waals surface area (Å²) in [5, 5.41) is 8.80. The molecule has 0 aliphatic heterocycles. The van der Waals surface area contributed by atoms with Crippen LogP contribution < -0.4 is 9.44 Å². The summed E-state index contributed by atoms with van der Waals surface area (Å²) in [6.07, 6.45) is 0.692. The summed E-state index contributed by atoms with van der Waals surface area (Å²) < 4.78 is 27.9. The molecule has 0 fully saturated rings. The second kappa shape index (κ2) is 5.83. The van der Waals surface area contributed by atoms with Crippen LogP contribution in [0.4, 0.5) is 5.69 Å². The topological polar surface area (TPSA) is 95.5 Å². The van der Waals surface area contributed by atoms with E-state index >= 15 is 0 Å². The Morgan fingerprint density at radius 1 is 1.39 bits per heavy atom. The van der Waals surface area contributed by atoms with Crippen LogP contribution in [-0.4, -0.2) is 26.0 Å². The zero-order valence-corrected chi connectivity index (χ0v) is 11.0. The molecule has 100 valence electrons. The first-order chi connectivity index (χ1) is 8.35. The van der Waals surface area contributed by atoms with Crippen LogP contribution in [0.25, 0.3) is 0 Å². The molecule has 1 rings (SSSR count). The van der Waals surface area contributed by atoms with Gasteiger partial charge in [0.25, 0.3) is 10.2 Å². The van der Waals surface area contributed by atoms with Crippen molar-refractivity contribution < 1.29 is 18.3 Å². The van der Waals surface area contributed by atoms with Crippen molar-refractivity contribution in [3.8, 4) is 0 Å². The van der Waals surface area contributed by atoms with E-state index in [9.17, 15) is 13.2 Å². The first kappa shape index (κ1) is 14.5. The van der Waals surface area contributed by atoms with Gasteiger partial charge in [-0.05, 0) is 37.1 Å². The normalized spacial score (nSPS) is 11.2. The van der Waals surface area contributed by atoms with Crippen molar-refractivity contribution in [2.75, 3.05) is 11.3 Å². The summed E-state index contributed by atoms with van der Waals surface area (Å²) in [6.45, 7) is 3.85. The van der Waals surface area contributed by atoms with Crippen LogP contribution in [0.15, 0.2) is 18.2 Å². The van der Waals surface area contributed by atoms with Gasteiger partial charge in [-0.2, -0.15) is 13.1 Å². The fraction of sp³-hybridized carbons (Fsp3) is 0.364. The molecule has 0 aromatic heterocycles. The van der Waals surface area contributed by atoms with Gasteiger partial charge < -0.3 is 5.11 Å². The summed E-state index contributed by atoms with van der Waals surface area (Å²) >= 11 is 0. The predicted molar refractivity (Wildman–Crippen MR) is 69.0 cm³/mol. The molecule has 0 unspecified atom stereocenters. The van der Waals surface area contributed by atoms with Crippen LogP contribution in [0.5, 0.6) is 0 Å². The lowest BCUT2D eigenvalue weighted by Gasteiger charge is -2.11. The molecule has 0 saturated heterocycles. The molecule has 6 nitrogen and oxygen atoms in total. The number of hydrogen-bond acceptors (Lipinski definition) is 3. The highest BCUT2D eigenvalue weighted by molar-refractivity contribution is 7.90. The molecule has 0 aliphatic carbocycles. The summed E-state index contributed by atoms with van der Waals surface area (Å²) in [4.78, 5) is 10.7. The van der Waals surface area contributed by atoms with Crippen molar-refractivity contribution in [1.29, 1.82) is 0 Å². The van der Waals surface area contributed by atoms with E-state index in [1.54, 1.807) is 6.92 Å². The minimum absolute atomic E-state index is 0.122. The Hall–Kier alpha value is -1.60. The van der Waals surface area contributed by atoms with Gasteiger partial charge in [0.1, 0.15) is 0 Å². The van der Waals surface area contributed by atoms with E-state index in [1.165, 1.54) is 18.2 Å². The Kier molecular flexibility index (Phi) is 4.69. The molecule has 0 saturated carbocycles. The van der Waals surface area contributed by atoms with Crippen LogP contribution in [0, 0.1) is 6.92 Å². The number of carboxylic acid groups (broad SMARTS) is 1. The maximum absolute atomic E-state index is 11.6. The number of aromatic carboxylic acids is 1. The third-order valence-electron chi connectivity index (χ3n) is 2.26. The number of carboxylic acids is 1. The molecule has 0 spiro atoms. The number of hydrogen-bond donors (Lipinski definition) is 3. The van der Waals surface area contributed by atoms with E-state index in [1.807, 2.05) is 6.92 Å². The summed E-state index contributed by atoms with van der Waals surface area (Å²) in [5.74, 6) is -1.04.